The Morgan fingerprint density at radius 3 is 2.40 bits per heavy atom. The third kappa shape index (κ3) is 4.64. The van der Waals surface area contributed by atoms with Crippen LogP contribution in [0.25, 0.3) is 0 Å². The fourth-order valence-corrected chi connectivity index (χ4v) is 2.61. The number of hydrogen-bond acceptors (Lipinski definition) is 5. The van der Waals surface area contributed by atoms with Crippen LogP contribution < -0.4 is 5.32 Å². The standard InChI is InChI=1S/C13H17N3O3S/c1-16(2)13(17)10-15-7-8-20(18,19)12-5-3-11(9-14)4-6-12/h3-6,15H,7-8,10H2,1-2H3. The zero-order valence-electron chi connectivity index (χ0n) is 11.5. The molecule has 108 valence electrons. The van der Waals surface area contributed by atoms with Crippen LogP contribution in [0.15, 0.2) is 29.2 Å². The molecule has 0 saturated carbocycles. The van der Waals surface area contributed by atoms with E-state index in [9.17, 15) is 13.2 Å². The molecule has 0 aliphatic heterocycles. The smallest absolute Gasteiger partial charge is 0.236 e. The number of likely N-dealkylation sites (N-methyl/N-ethyl adjacent to an activating group) is 1. The first-order valence-corrected chi connectivity index (χ1v) is 7.66. The minimum atomic E-state index is -3.40. The molecular weight excluding hydrogens is 278 g/mol. The summed E-state index contributed by atoms with van der Waals surface area (Å²) in [5.74, 6) is -0.208. The van der Waals surface area contributed by atoms with Gasteiger partial charge in [-0.1, -0.05) is 0 Å². The molecule has 0 unspecified atom stereocenters. The SMILES string of the molecule is CN(C)C(=O)CNCCS(=O)(=O)c1ccc(C#N)cc1. The van der Waals surface area contributed by atoms with E-state index in [-0.39, 0.29) is 29.6 Å². The topological polar surface area (TPSA) is 90.3 Å². The zero-order chi connectivity index (χ0) is 15.2. The third-order valence-electron chi connectivity index (χ3n) is 2.67. The van der Waals surface area contributed by atoms with Gasteiger partial charge in [0.15, 0.2) is 9.84 Å². The summed E-state index contributed by atoms with van der Waals surface area (Å²) in [4.78, 5) is 12.9. The molecule has 0 aliphatic carbocycles. The average molecular weight is 295 g/mol. The van der Waals surface area contributed by atoms with Crippen molar-refractivity contribution in [2.24, 2.45) is 0 Å². The lowest BCUT2D eigenvalue weighted by molar-refractivity contribution is -0.127. The van der Waals surface area contributed by atoms with Gasteiger partial charge in [0.2, 0.25) is 5.91 Å². The number of rotatable bonds is 6. The van der Waals surface area contributed by atoms with Crippen LogP contribution in [0.2, 0.25) is 0 Å². The van der Waals surface area contributed by atoms with E-state index < -0.39 is 9.84 Å². The molecule has 20 heavy (non-hydrogen) atoms. The second-order valence-corrected chi connectivity index (χ2v) is 6.53. The van der Waals surface area contributed by atoms with Crippen molar-refractivity contribution >= 4 is 15.7 Å². The van der Waals surface area contributed by atoms with Gasteiger partial charge < -0.3 is 10.2 Å². The van der Waals surface area contributed by atoms with Gasteiger partial charge in [0.25, 0.3) is 0 Å². The monoisotopic (exact) mass is 295 g/mol. The molecule has 6 nitrogen and oxygen atoms in total. The fourth-order valence-electron chi connectivity index (χ4n) is 1.41. The summed E-state index contributed by atoms with van der Waals surface area (Å²) in [6.07, 6.45) is 0. The number of benzene rings is 1. The lowest BCUT2D eigenvalue weighted by Gasteiger charge is -2.11. The van der Waals surface area contributed by atoms with Crippen molar-refractivity contribution in [1.82, 2.24) is 10.2 Å². The molecule has 0 radical (unpaired) electrons. The van der Waals surface area contributed by atoms with E-state index in [0.29, 0.717) is 5.56 Å². The predicted molar refractivity (Wildman–Crippen MR) is 74.8 cm³/mol. The normalized spacial score (nSPS) is 10.8. The van der Waals surface area contributed by atoms with Gasteiger partial charge in [0, 0.05) is 20.6 Å². The summed E-state index contributed by atoms with van der Waals surface area (Å²) in [5, 5.41) is 11.4. The van der Waals surface area contributed by atoms with Gasteiger partial charge in [-0.15, -0.1) is 0 Å². The van der Waals surface area contributed by atoms with Gasteiger partial charge in [0.1, 0.15) is 0 Å². The molecule has 0 fully saturated rings. The lowest BCUT2D eigenvalue weighted by atomic mass is 10.2. The van der Waals surface area contributed by atoms with Crippen LogP contribution in [-0.2, 0) is 14.6 Å². The van der Waals surface area contributed by atoms with Crippen LogP contribution in [0.3, 0.4) is 0 Å². The first-order valence-electron chi connectivity index (χ1n) is 6.00. The highest BCUT2D eigenvalue weighted by Crippen LogP contribution is 2.11. The van der Waals surface area contributed by atoms with Crippen molar-refractivity contribution in [3.63, 3.8) is 0 Å². The van der Waals surface area contributed by atoms with Crippen molar-refractivity contribution < 1.29 is 13.2 Å². The number of sulfone groups is 1. The molecule has 0 saturated heterocycles. The van der Waals surface area contributed by atoms with Gasteiger partial charge in [-0.2, -0.15) is 5.26 Å². The lowest BCUT2D eigenvalue weighted by Crippen LogP contribution is -2.35. The van der Waals surface area contributed by atoms with E-state index in [1.807, 2.05) is 6.07 Å². The number of carbonyl (C=O) groups is 1. The quantitative estimate of drug-likeness (QED) is 0.747. The second kappa shape index (κ2) is 7.03. The van der Waals surface area contributed by atoms with E-state index in [0.717, 1.165) is 0 Å². The Hall–Kier alpha value is -1.91. The first-order chi connectivity index (χ1) is 9.36. The van der Waals surface area contributed by atoms with Crippen molar-refractivity contribution in [3.05, 3.63) is 29.8 Å². The minimum absolute atomic E-state index is 0.0976. The summed E-state index contributed by atoms with van der Waals surface area (Å²) in [5.41, 5.74) is 0.415. The second-order valence-electron chi connectivity index (χ2n) is 4.42. The van der Waals surface area contributed by atoms with Crippen LogP contribution in [0.5, 0.6) is 0 Å². The molecule has 1 N–H and O–H groups in total. The Labute approximate surface area is 118 Å². The van der Waals surface area contributed by atoms with Crippen molar-refractivity contribution in [1.29, 1.82) is 5.26 Å². The molecule has 0 aliphatic rings. The molecule has 0 aromatic heterocycles. The highest BCUT2D eigenvalue weighted by Gasteiger charge is 2.14. The van der Waals surface area contributed by atoms with Crippen molar-refractivity contribution in [2.45, 2.75) is 4.90 Å². The van der Waals surface area contributed by atoms with Gasteiger partial charge in [0.05, 0.1) is 28.8 Å². The highest BCUT2D eigenvalue weighted by molar-refractivity contribution is 7.91. The van der Waals surface area contributed by atoms with Crippen LogP contribution in [0.4, 0.5) is 0 Å². The molecule has 0 spiro atoms. The fraction of sp³-hybridized carbons (Fsp3) is 0.385. The number of nitriles is 1. The van der Waals surface area contributed by atoms with Gasteiger partial charge in [-0.05, 0) is 24.3 Å². The summed E-state index contributed by atoms with van der Waals surface area (Å²) in [6, 6.07) is 7.70. The number of nitrogens with one attached hydrogen (secondary N) is 1. The number of carbonyl (C=O) groups excluding carboxylic acids is 1. The largest absolute Gasteiger partial charge is 0.348 e. The van der Waals surface area contributed by atoms with E-state index >= 15 is 0 Å². The Balaban J connectivity index is 2.53. The maximum atomic E-state index is 12.0. The van der Waals surface area contributed by atoms with Crippen LogP contribution >= 0.6 is 0 Å². The van der Waals surface area contributed by atoms with Gasteiger partial charge >= 0.3 is 0 Å². The van der Waals surface area contributed by atoms with E-state index in [1.54, 1.807) is 14.1 Å². The predicted octanol–water partition coefficient (Wildman–Crippen LogP) is 0.00978. The Bertz CT molecular complexity index is 601. The number of amides is 1. The number of hydrogen-bond donors (Lipinski definition) is 1. The Morgan fingerprint density at radius 2 is 1.90 bits per heavy atom. The molecule has 1 rings (SSSR count). The molecular formula is C13H17N3O3S. The summed E-state index contributed by atoms with van der Waals surface area (Å²) in [7, 11) is -0.127. The Kier molecular flexibility index (Phi) is 5.67. The third-order valence-corrected chi connectivity index (χ3v) is 4.40. The average Bonchev–Trinajstić information content (AvgIpc) is 2.43. The highest BCUT2D eigenvalue weighted by atomic mass is 32.2. The Morgan fingerprint density at radius 1 is 1.30 bits per heavy atom. The molecule has 7 heteroatoms. The molecule has 1 aromatic carbocycles. The zero-order valence-corrected chi connectivity index (χ0v) is 12.3. The number of nitrogens with zero attached hydrogens (tertiary/aromatic N) is 2. The maximum absolute atomic E-state index is 12.0. The van der Waals surface area contributed by atoms with Crippen LogP contribution in [0.1, 0.15) is 5.56 Å². The van der Waals surface area contributed by atoms with E-state index in [1.165, 1.54) is 29.2 Å². The first kappa shape index (κ1) is 16.1. The summed E-state index contributed by atoms with van der Waals surface area (Å²) >= 11 is 0. The molecule has 1 aromatic rings. The van der Waals surface area contributed by atoms with E-state index in [2.05, 4.69) is 5.32 Å². The molecule has 0 bridgehead atoms. The van der Waals surface area contributed by atoms with Gasteiger partial charge in [-0.25, -0.2) is 8.42 Å². The molecule has 1 amide bonds. The van der Waals surface area contributed by atoms with Crippen LogP contribution in [-0.4, -0.2) is 52.2 Å². The van der Waals surface area contributed by atoms with E-state index in [4.69, 9.17) is 5.26 Å². The molecule has 0 atom stereocenters. The van der Waals surface area contributed by atoms with Crippen molar-refractivity contribution in [2.75, 3.05) is 32.9 Å². The molecule has 0 heterocycles. The van der Waals surface area contributed by atoms with Crippen LogP contribution in [0, 0.1) is 11.3 Å². The van der Waals surface area contributed by atoms with Crippen molar-refractivity contribution in [3.8, 4) is 6.07 Å². The summed E-state index contributed by atoms with van der Waals surface area (Å²) in [6.45, 7) is 0.303. The summed E-state index contributed by atoms with van der Waals surface area (Å²) < 4.78 is 24.0. The minimum Gasteiger partial charge on any atom is -0.348 e. The maximum Gasteiger partial charge on any atom is 0.236 e. The van der Waals surface area contributed by atoms with Gasteiger partial charge in [-0.3, -0.25) is 4.79 Å².